The fourth-order valence-corrected chi connectivity index (χ4v) is 6.40. The van der Waals surface area contributed by atoms with E-state index in [2.05, 4.69) is 30.2 Å². The van der Waals surface area contributed by atoms with Crippen LogP contribution in [0.4, 0.5) is 26.1 Å². The number of alkyl halides is 1. The zero-order chi connectivity index (χ0) is 29.9. The fraction of sp³-hybridized carbons (Fsp3) is 0.300. The number of nitrogens with zero attached hydrogens (tertiary/aromatic N) is 5. The molecule has 0 bridgehead atoms. The van der Waals surface area contributed by atoms with E-state index in [-0.39, 0.29) is 63.3 Å². The first-order valence-corrected chi connectivity index (χ1v) is 13.8. The van der Waals surface area contributed by atoms with Gasteiger partial charge >= 0.3 is 11.6 Å². The number of phenolic OH excluding ortho intramolecular Hbond substituents is 1. The lowest BCUT2D eigenvalue weighted by Crippen LogP contribution is -2.43. The minimum Gasteiger partial charge on any atom is -0.508 e. The number of hydrogen-bond donors (Lipinski definition) is 3. The third-order valence-electron chi connectivity index (χ3n) is 8.37. The maximum absolute atomic E-state index is 15.1. The van der Waals surface area contributed by atoms with Crippen LogP contribution in [0.25, 0.3) is 33.0 Å². The second kappa shape index (κ2) is 10.1. The largest absolute Gasteiger partial charge is 0.508 e. The predicted molar refractivity (Wildman–Crippen MR) is 156 cm³/mol. The number of rotatable bonds is 6. The summed E-state index contributed by atoms with van der Waals surface area (Å²) >= 11 is 0. The number of anilines is 3. The first-order chi connectivity index (χ1) is 20.7. The summed E-state index contributed by atoms with van der Waals surface area (Å²) < 4.78 is 41.4. The molecule has 2 aromatic carbocycles. The Balaban J connectivity index is 1.40. The Hall–Kier alpha value is -4.91. The van der Waals surface area contributed by atoms with Gasteiger partial charge in [-0.2, -0.15) is 9.97 Å². The van der Waals surface area contributed by atoms with Crippen molar-refractivity contribution >= 4 is 39.0 Å². The molecule has 7 rings (SSSR count). The standard InChI is InChI=1S/C30H27F2N7O4/c1-15-24-23(28(41)43-25(15)19-9-18(40)8-16-4-2-5-20(32)22(16)19)27(36-21-11-34-14-35-26(21)33)38-29(37-24)42-13-30-6-3-7-39(30)12-17(31)10-30/h2,4-5,8-9,11,14,17,40H,3,6-7,10,12-13H2,1H3,(H2,33,34,35)(H,36,37,38)/t17-,30+/m1/s1. The van der Waals surface area contributed by atoms with Crippen molar-refractivity contribution in [1.82, 2.24) is 24.8 Å². The maximum Gasteiger partial charge on any atom is 0.349 e. The molecule has 13 heteroatoms. The number of nitrogen functional groups attached to an aromatic ring is 1. The molecule has 5 aromatic rings. The van der Waals surface area contributed by atoms with Gasteiger partial charge in [0.2, 0.25) is 0 Å². The van der Waals surface area contributed by atoms with Crippen molar-refractivity contribution in [3.05, 3.63) is 64.7 Å². The van der Waals surface area contributed by atoms with Gasteiger partial charge in [0.15, 0.2) is 11.6 Å². The highest BCUT2D eigenvalue weighted by atomic mass is 19.1. The van der Waals surface area contributed by atoms with Gasteiger partial charge in [0, 0.05) is 29.5 Å². The Kier molecular flexibility index (Phi) is 6.34. The third kappa shape index (κ3) is 4.56. The van der Waals surface area contributed by atoms with Crippen molar-refractivity contribution in [2.24, 2.45) is 0 Å². The van der Waals surface area contributed by atoms with Crippen molar-refractivity contribution < 1.29 is 23.0 Å². The molecule has 0 amide bonds. The van der Waals surface area contributed by atoms with Gasteiger partial charge in [0.25, 0.3) is 0 Å². The van der Waals surface area contributed by atoms with E-state index in [9.17, 15) is 14.3 Å². The van der Waals surface area contributed by atoms with Crippen LogP contribution in [0.3, 0.4) is 0 Å². The normalized spacial score (nSPS) is 20.1. The molecule has 0 unspecified atom stereocenters. The number of aromatic hydroxyl groups is 1. The van der Waals surface area contributed by atoms with Gasteiger partial charge in [0.05, 0.1) is 17.3 Å². The molecule has 2 aliphatic rings. The van der Waals surface area contributed by atoms with Crippen LogP contribution in [-0.2, 0) is 0 Å². The molecule has 220 valence electrons. The monoisotopic (exact) mass is 587 g/mol. The number of fused-ring (bicyclic) bond motifs is 3. The molecule has 0 radical (unpaired) electrons. The molecule has 2 aliphatic heterocycles. The van der Waals surface area contributed by atoms with Gasteiger partial charge in [-0.3, -0.25) is 4.90 Å². The maximum atomic E-state index is 15.1. The first-order valence-electron chi connectivity index (χ1n) is 13.8. The Bertz CT molecular complexity index is 1970. The summed E-state index contributed by atoms with van der Waals surface area (Å²) in [6.07, 6.45) is 3.85. The molecule has 3 aromatic heterocycles. The molecule has 43 heavy (non-hydrogen) atoms. The smallest absolute Gasteiger partial charge is 0.349 e. The number of phenols is 1. The van der Waals surface area contributed by atoms with Crippen LogP contribution in [0.1, 0.15) is 24.8 Å². The predicted octanol–water partition coefficient (Wildman–Crippen LogP) is 4.63. The van der Waals surface area contributed by atoms with Gasteiger partial charge in [-0.05, 0) is 49.9 Å². The van der Waals surface area contributed by atoms with E-state index in [1.54, 1.807) is 13.0 Å². The average Bonchev–Trinajstić information content (AvgIpc) is 3.50. The van der Waals surface area contributed by atoms with Crippen LogP contribution in [0.2, 0.25) is 0 Å². The summed E-state index contributed by atoms with van der Waals surface area (Å²) in [4.78, 5) is 32.7. The van der Waals surface area contributed by atoms with Crippen LogP contribution < -0.4 is 21.4 Å². The summed E-state index contributed by atoms with van der Waals surface area (Å²) in [5.74, 6) is -0.506. The summed E-state index contributed by atoms with van der Waals surface area (Å²) in [7, 11) is 0. The Labute approximate surface area is 243 Å². The number of ether oxygens (including phenoxy) is 1. The van der Waals surface area contributed by atoms with Crippen LogP contribution in [0, 0.1) is 12.7 Å². The molecule has 2 fully saturated rings. The van der Waals surface area contributed by atoms with Gasteiger partial charge in [-0.15, -0.1) is 0 Å². The van der Waals surface area contributed by atoms with Crippen molar-refractivity contribution in [3.8, 4) is 23.1 Å². The molecule has 0 aliphatic carbocycles. The highest BCUT2D eigenvalue weighted by Crippen LogP contribution is 2.41. The van der Waals surface area contributed by atoms with Gasteiger partial charge in [-0.25, -0.2) is 23.5 Å². The minimum absolute atomic E-state index is 0.00729. The molecule has 4 N–H and O–H groups in total. The fourth-order valence-electron chi connectivity index (χ4n) is 6.40. The topological polar surface area (TPSA) is 153 Å². The highest BCUT2D eigenvalue weighted by Gasteiger charge is 2.49. The van der Waals surface area contributed by atoms with Crippen molar-refractivity contribution in [2.75, 3.05) is 30.7 Å². The van der Waals surface area contributed by atoms with Crippen LogP contribution in [0.15, 0.2) is 52.1 Å². The number of nitrogens with two attached hydrogens (primary N) is 1. The lowest BCUT2D eigenvalue weighted by molar-refractivity contribution is 0.107. The van der Waals surface area contributed by atoms with E-state index >= 15 is 4.39 Å². The number of halogens is 2. The molecule has 11 nitrogen and oxygen atoms in total. The molecule has 0 saturated carbocycles. The summed E-state index contributed by atoms with van der Waals surface area (Å²) in [5, 5.41) is 14.0. The average molecular weight is 588 g/mol. The Morgan fingerprint density at radius 2 is 2.14 bits per heavy atom. The van der Waals surface area contributed by atoms with Crippen LogP contribution >= 0.6 is 0 Å². The number of aromatic nitrogens is 4. The minimum atomic E-state index is -0.938. The van der Waals surface area contributed by atoms with E-state index in [0.717, 1.165) is 19.4 Å². The van der Waals surface area contributed by atoms with Gasteiger partial charge in [0.1, 0.15) is 47.5 Å². The molecular formula is C30H27F2N7O4. The SMILES string of the molecule is Cc1c(-c2cc(O)cc3cccc(F)c23)oc(=O)c2c(Nc3cncnc3N)nc(OC[C@@]34CCCN3C[C@H](F)C4)nc12. The zero-order valence-electron chi connectivity index (χ0n) is 23.1. The summed E-state index contributed by atoms with van der Waals surface area (Å²) in [5.41, 5.74) is 5.77. The third-order valence-corrected chi connectivity index (χ3v) is 8.37. The second-order valence-corrected chi connectivity index (χ2v) is 11.1. The van der Waals surface area contributed by atoms with E-state index in [4.69, 9.17) is 14.9 Å². The lowest BCUT2D eigenvalue weighted by atomic mass is 9.95. The number of aryl methyl sites for hydroxylation is 1. The summed E-state index contributed by atoms with van der Waals surface area (Å²) in [6, 6.07) is 7.17. The van der Waals surface area contributed by atoms with Crippen molar-refractivity contribution in [1.29, 1.82) is 0 Å². The van der Waals surface area contributed by atoms with Crippen molar-refractivity contribution in [2.45, 2.75) is 37.9 Å². The number of nitrogens with one attached hydrogen (secondary N) is 1. The number of hydrogen-bond acceptors (Lipinski definition) is 11. The molecule has 2 atom stereocenters. The number of benzene rings is 2. The van der Waals surface area contributed by atoms with E-state index in [1.165, 1.54) is 36.8 Å². The van der Waals surface area contributed by atoms with Crippen LogP contribution in [0.5, 0.6) is 11.8 Å². The van der Waals surface area contributed by atoms with E-state index in [0.29, 0.717) is 23.9 Å². The highest BCUT2D eigenvalue weighted by molar-refractivity contribution is 6.01. The van der Waals surface area contributed by atoms with Gasteiger partial charge in [-0.1, -0.05) is 12.1 Å². The summed E-state index contributed by atoms with van der Waals surface area (Å²) in [6.45, 7) is 2.98. The lowest BCUT2D eigenvalue weighted by Gasteiger charge is -2.30. The Morgan fingerprint density at radius 1 is 1.28 bits per heavy atom. The molecular weight excluding hydrogens is 560 g/mol. The van der Waals surface area contributed by atoms with Crippen molar-refractivity contribution in [3.63, 3.8) is 0 Å². The quantitative estimate of drug-likeness (QED) is 0.255. The van der Waals surface area contributed by atoms with Crippen LogP contribution in [-0.4, -0.2) is 61.3 Å². The van der Waals surface area contributed by atoms with Gasteiger partial charge < -0.3 is 25.3 Å². The van der Waals surface area contributed by atoms with E-state index in [1.807, 2.05) is 0 Å². The van der Waals surface area contributed by atoms with E-state index < -0.39 is 23.2 Å². The Morgan fingerprint density at radius 3 is 2.98 bits per heavy atom. The molecule has 0 spiro atoms. The molecule has 2 saturated heterocycles. The molecule has 5 heterocycles. The first kappa shape index (κ1) is 27.0. The second-order valence-electron chi connectivity index (χ2n) is 11.1. The zero-order valence-corrected chi connectivity index (χ0v) is 23.1.